The first-order valence-electron chi connectivity index (χ1n) is 5.05. The van der Waals surface area contributed by atoms with E-state index in [-0.39, 0.29) is 23.9 Å². The molecule has 14 heavy (non-hydrogen) atoms. The SMILES string of the molecule is N#C[C@@H]1C[C@H]1C1C/C=C\CCC(=O)O1. The molecular formula is C11H13NO2. The third-order valence-corrected chi connectivity index (χ3v) is 2.82. The van der Waals surface area contributed by atoms with Crippen molar-refractivity contribution in [1.29, 1.82) is 5.26 Å². The van der Waals surface area contributed by atoms with E-state index in [2.05, 4.69) is 12.1 Å². The zero-order valence-electron chi connectivity index (χ0n) is 7.98. The van der Waals surface area contributed by atoms with E-state index in [0.717, 1.165) is 19.3 Å². The van der Waals surface area contributed by atoms with Gasteiger partial charge < -0.3 is 4.74 Å². The van der Waals surface area contributed by atoms with Gasteiger partial charge in [0.05, 0.1) is 12.0 Å². The highest BCUT2D eigenvalue weighted by atomic mass is 16.5. The minimum atomic E-state index is -0.122. The summed E-state index contributed by atoms with van der Waals surface area (Å²) in [7, 11) is 0. The fourth-order valence-corrected chi connectivity index (χ4v) is 1.86. The fraction of sp³-hybridized carbons (Fsp3) is 0.636. The van der Waals surface area contributed by atoms with Crippen LogP contribution in [0.4, 0.5) is 0 Å². The van der Waals surface area contributed by atoms with Crippen molar-refractivity contribution in [3.05, 3.63) is 12.2 Å². The van der Waals surface area contributed by atoms with E-state index in [1.807, 2.05) is 6.08 Å². The predicted molar refractivity (Wildman–Crippen MR) is 50.1 cm³/mol. The molecule has 3 atom stereocenters. The second kappa shape index (κ2) is 3.83. The molecule has 2 aliphatic rings. The number of nitrogens with zero attached hydrogens (tertiary/aromatic N) is 1. The lowest BCUT2D eigenvalue weighted by Gasteiger charge is -2.17. The predicted octanol–water partition coefficient (Wildman–Crippen LogP) is 1.80. The Morgan fingerprint density at radius 2 is 2.36 bits per heavy atom. The summed E-state index contributed by atoms with van der Waals surface area (Å²) in [5.41, 5.74) is 0. The molecule has 0 radical (unpaired) electrons. The van der Waals surface area contributed by atoms with Gasteiger partial charge in [-0.15, -0.1) is 0 Å². The number of hydrogen-bond donors (Lipinski definition) is 0. The molecule has 2 rings (SSSR count). The summed E-state index contributed by atoms with van der Waals surface area (Å²) in [6.45, 7) is 0. The first-order chi connectivity index (χ1) is 6.81. The molecule has 3 heteroatoms. The Bertz CT molecular complexity index is 303. The summed E-state index contributed by atoms with van der Waals surface area (Å²) in [4.78, 5) is 11.2. The summed E-state index contributed by atoms with van der Waals surface area (Å²) >= 11 is 0. The van der Waals surface area contributed by atoms with E-state index in [4.69, 9.17) is 10.00 Å². The topological polar surface area (TPSA) is 50.1 Å². The molecule has 0 aromatic carbocycles. The van der Waals surface area contributed by atoms with E-state index in [1.54, 1.807) is 0 Å². The van der Waals surface area contributed by atoms with Gasteiger partial charge in [-0.1, -0.05) is 12.2 Å². The van der Waals surface area contributed by atoms with Crippen molar-refractivity contribution < 1.29 is 9.53 Å². The Hall–Kier alpha value is -1.30. The summed E-state index contributed by atoms with van der Waals surface area (Å²) in [5.74, 6) is 0.273. The summed E-state index contributed by atoms with van der Waals surface area (Å²) in [6.07, 6.45) is 6.94. The number of rotatable bonds is 1. The van der Waals surface area contributed by atoms with Gasteiger partial charge in [-0.25, -0.2) is 0 Å². The van der Waals surface area contributed by atoms with Crippen LogP contribution in [0.2, 0.25) is 0 Å². The third-order valence-electron chi connectivity index (χ3n) is 2.82. The van der Waals surface area contributed by atoms with Crippen LogP contribution in [-0.2, 0) is 9.53 Å². The highest BCUT2D eigenvalue weighted by molar-refractivity contribution is 5.70. The lowest BCUT2D eigenvalue weighted by molar-refractivity contribution is -0.150. The molecule has 0 N–H and O–H groups in total. The molecule has 0 aromatic heterocycles. The number of carbonyl (C=O) groups excluding carboxylic acids is 1. The first-order valence-corrected chi connectivity index (χ1v) is 5.05. The van der Waals surface area contributed by atoms with E-state index in [1.165, 1.54) is 0 Å². The van der Waals surface area contributed by atoms with Gasteiger partial charge in [0.25, 0.3) is 0 Å². The normalized spacial score (nSPS) is 38.8. The largest absolute Gasteiger partial charge is 0.462 e. The van der Waals surface area contributed by atoms with E-state index in [0.29, 0.717) is 6.42 Å². The summed E-state index contributed by atoms with van der Waals surface area (Å²) in [5, 5.41) is 8.69. The zero-order chi connectivity index (χ0) is 9.97. The molecule has 1 aliphatic heterocycles. The van der Waals surface area contributed by atoms with Crippen molar-refractivity contribution in [3.8, 4) is 6.07 Å². The molecule has 1 aliphatic carbocycles. The molecule has 3 nitrogen and oxygen atoms in total. The van der Waals surface area contributed by atoms with E-state index in [9.17, 15) is 4.79 Å². The van der Waals surface area contributed by atoms with Gasteiger partial charge in [0.1, 0.15) is 6.10 Å². The Kier molecular flexibility index (Phi) is 2.53. The van der Waals surface area contributed by atoms with Crippen molar-refractivity contribution in [2.75, 3.05) is 0 Å². The van der Waals surface area contributed by atoms with Crippen LogP contribution in [-0.4, -0.2) is 12.1 Å². The van der Waals surface area contributed by atoms with Crippen LogP contribution in [0.15, 0.2) is 12.2 Å². The van der Waals surface area contributed by atoms with Gasteiger partial charge in [-0.2, -0.15) is 5.26 Å². The average Bonchev–Trinajstić information content (AvgIpc) is 2.90. The number of esters is 1. The number of cyclic esters (lactones) is 1. The van der Waals surface area contributed by atoms with Gasteiger partial charge in [-0.3, -0.25) is 4.79 Å². The molecule has 0 spiro atoms. The minimum absolute atomic E-state index is 0.0521. The van der Waals surface area contributed by atoms with Crippen molar-refractivity contribution in [2.24, 2.45) is 11.8 Å². The number of allylic oxidation sites excluding steroid dienone is 1. The van der Waals surface area contributed by atoms with E-state index < -0.39 is 0 Å². The number of carbonyl (C=O) groups is 1. The molecule has 1 unspecified atom stereocenters. The molecule has 0 amide bonds. The Balaban J connectivity index is 1.97. The molecule has 0 aromatic rings. The molecule has 1 saturated carbocycles. The standard InChI is InChI=1S/C11H13NO2/c12-7-8-6-9(8)10-4-2-1-3-5-11(13)14-10/h1-2,8-10H,3-6H2/b2-1-/t8-,9+,10?/m0/s1. The Morgan fingerprint density at radius 3 is 3.07 bits per heavy atom. The molecule has 74 valence electrons. The second-order valence-corrected chi connectivity index (χ2v) is 3.91. The van der Waals surface area contributed by atoms with Crippen molar-refractivity contribution in [3.63, 3.8) is 0 Å². The molecule has 0 bridgehead atoms. The Morgan fingerprint density at radius 1 is 1.50 bits per heavy atom. The van der Waals surface area contributed by atoms with Crippen molar-refractivity contribution >= 4 is 5.97 Å². The van der Waals surface area contributed by atoms with Gasteiger partial charge in [0.2, 0.25) is 0 Å². The van der Waals surface area contributed by atoms with Gasteiger partial charge in [-0.05, 0) is 12.8 Å². The van der Waals surface area contributed by atoms with Crippen LogP contribution in [0.5, 0.6) is 0 Å². The maximum atomic E-state index is 11.2. The highest BCUT2D eigenvalue weighted by Gasteiger charge is 2.44. The smallest absolute Gasteiger partial charge is 0.306 e. The average molecular weight is 191 g/mol. The van der Waals surface area contributed by atoms with Gasteiger partial charge in [0.15, 0.2) is 0 Å². The lowest BCUT2D eigenvalue weighted by atomic mass is 10.1. The van der Waals surface area contributed by atoms with Gasteiger partial charge in [0, 0.05) is 18.8 Å². The monoisotopic (exact) mass is 191 g/mol. The van der Waals surface area contributed by atoms with Crippen LogP contribution in [0.1, 0.15) is 25.7 Å². The van der Waals surface area contributed by atoms with Crippen molar-refractivity contribution in [1.82, 2.24) is 0 Å². The quantitative estimate of drug-likeness (QED) is 0.469. The minimum Gasteiger partial charge on any atom is -0.462 e. The Labute approximate surface area is 83.4 Å². The molecular weight excluding hydrogens is 178 g/mol. The molecule has 0 saturated heterocycles. The maximum Gasteiger partial charge on any atom is 0.306 e. The second-order valence-electron chi connectivity index (χ2n) is 3.91. The maximum absolute atomic E-state index is 11.2. The van der Waals surface area contributed by atoms with Crippen LogP contribution in [0.3, 0.4) is 0 Å². The van der Waals surface area contributed by atoms with Gasteiger partial charge >= 0.3 is 5.97 Å². The van der Waals surface area contributed by atoms with Crippen LogP contribution in [0.25, 0.3) is 0 Å². The lowest BCUT2D eigenvalue weighted by Crippen LogP contribution is -2.21. The number of ether oxygens (including phenoxy) is 1. The number of nitriles is 1. The van der Waals surface area contributed by atoms with E-state index >= 15 is 0 Å². The van der Waals surface area contributed by atoms with Crippen LogP contribution in [0, 0.1) is 23.2 Å². The summed E-state index contributed by atoms with van der Waals surface area (Å²) in [6, 6.07) is 2.22. The molecule has 1 fully saturated rings. The number of hydrogen-bond acceptors (Lipinski definition) is 3. The first kappa shape index (κ1) is 9.26. The van der Waals surface area contributed by atoms with Crippen molar-refractivity contribution in [2.45, 2.75) is 31.8 Å². The fourth-order valence-electron chi connectivity index (χ4n) is 1.86. The third kappa shape index (κ3) is 1.95. The summed E-state index contributed by atoms with van der Waals surface area (Å²) < 4.78 is 5.31. The highest BCUT2D eigenvalue weighted by Crippen LogP contribution is 2.43. The molecule has 1 heterocycles. The van der Waals surface area contributed by atoms with Crippen LogP contribution < -0.4 is 0 Å². The zero-order valence-corrected chi connectivity index (χ0v) is 7.98. The van der Waals surface area contributed by atoms with Crippen LogP contribution >= 0.6 is 0 Å².